The quantitative estimate of drug-likeness (QED) is 0.497. The minimum atomic E-state index is 0.108. The third-order valence-corrected chi connectivity index (χ3v) is 1.06. The molecule has 1 heterocycles. The largest absolute Gasteiger partial charge is 0.357 e. The summed E-state index contributed by atoms with van der Waals surface area (Å²) in [4.78, 5) is 0. The predicted molar refractivity (Wildman–Crippen MR) is 44.1 cm³/mol. The van der Waals surface area contributed by atoms with Crippen LogP contribution >= 0.6 is 12.6 Å². The minimum Gasteiger partial charge on any atom is -0.357 e. The highest BCUT2D eigenvalue weighted by Crippen LogP contribution is 2.01. The predicted octanol–water partition coefficient (Wildman–Crippen LogP) is 1.16. The second kappa shape index (κ2) is 3.41. The zero-order valence-electron chi connectivity index (χ0n) is 5.65. The molecule has 1 N–H and O–H groups in total. The summed E-state index contributed by atoms with van der Waals surface area (Å²) in [5.74, 6) is 0.755. The average molecular weight is 155 g/mol. The van der Waals surface area contributed by atoms with E-state index in [4.69, 9.17) is 0 Å². The molecule has 0 fully saturated rings. The Bertz CT molecular complexity index is 187. The number of rotatable bonds is 2. The molecule has 54 valence electrons. The van der Waals surface area contributed by atoms with Crippen LogP contribution in [0.1, 0.15) is 6.92 Å². The lowest BCUT2D eigenvalue weighted by atomic mass is 10.5. The molecule has 4 heteroatoms. The Labute approximate surface area is 65.3 Å². The molecule has 0 saturated carbocycles. The van der Waals surface area contributed by atoms with Gasteiger partial charge in [0.15, 0.2) is 0 Å². The molecular formula is C6H9N3S. The fourth-order valence-corrected chi connectivity index (χ4v) is 0.725. The van der Waals surface area contributed by atoms with E-state index in [1.807, 2.05) is 19.1 Å². The molecule has 0 spiro atoms. The second-order valence-corrected chi connectivity index (χ2v) is 2.70. The van der Waals surface area contributed by atoms with E-state index < -0.39 is 0 Å². The molecule has 0 radical (unpaired) electrons. The Balaban J connectivity index is 2.59. The maximum atomic E-state index is 4.13. The van der Waals surface area contributed by atoms with Gasteiger partial charge in [-0.3, -0.25) is 0 Å². The Morgan fingerprint density at radius 1 is 1.70 bits per heavy atom. The van der Waals surface area contributed by atoms with E-state index in [-0.39, 0.29) is 5.37 Å². The smallest absolute Gasteiger partial charge is 0.149 e. The van der Waals surface area contributed by atoms with Crippen LogP contribution in [0.3, 0.4) is 0 Å². The van der Waals surface area contributed by atoms with Crippen molar-refractivity contribution in [2.75, 3.05) is 5.32 Å². The van der Waals surface area contributed by atoms with E-state index in [1.165, 1.54) is 0 Å². The molecule has 1 atom stereocenters. The SMILES string of the molecule is CC(S)Nc1cccnn1. The van der Waals surface area contributed by atoms with E-state index in [0.717, 1.165) is 5.82 Å². The number of hydrogen-bond acceptors (Lipinski definition) is 4. The summed E-state index contributed by atoms with van der Waals surface area (Å²) >= 11 is 4.13. The van der Waals surface area contributed by atoms with Crippen LogP contribution in [0.25, 0.3) is 0 Å². The molecule has 1 aromatic heterocycles. The van der Waals surface area contributed by atoms with Crippen molar-refractivity contribution in [3.63, 3.8) is 0 Å². The van der Waals surface area contributed by atoms with Crippen molar-refractivity contribution >= 4 is 18.4 Å². The zero-order chi connectivity index (χ0) is 7.40. The van der Waals surface area contributed by atoms with Gasteiger partial charge in [0.2, 0.25) is 0 Å². The average Bonchev–Trinajstić information content (AvgIpc) is 1.88. The minimum absolute atomic E-state index is 0.108. The maximum Gasteiger partial charge on any atom is 0.149 e. The Morgan fingerprint density at radius 2 is 2.50 bits per heavy atom. The number of aromatic nitrogens is 2. The van der Waals surface area contributed by atoms with Crippen molar-refractivity contribution in [3.05, 3.63) is 18.3 Å². The van der Waals surface area contributed by atoms with Gasteiger partial charge in [-0.1, -0.05) is 0 Å². The van der Waals surface area contributed by atoms with Gasteiger partial charge in [0.1, 0.15) is 5.82 Å². The van der Waals surface area contributed by atoms with Crippen LogP contribution in [0.2, 0.25) is 0 Å². The Morgan fingerprint density at radius 3 is 3.00 bits per heavy atom. The molecule has 1 rings (SSSR count). The lowest BCUT2D eigenvalue weighted by Crippen LogP contribution is -2.08. The van der Waals surface area contributed by atoms with Crippen LogP contribution < -0.4 is 5.32 Å². The molecule has 0 amide bonds. The summed E-state index contributed by atoms with van der Waals surface area (Å²) in [5, 5.41) is 10.6. The Kier molecular flexibility index (Phi) is 2.50. The van der Waals surface area contributed by atoms with Crippen LogP contribution in [-0.4, -0.2) is 15.6 Å². The highest BCUT2D eigenvalue weighted by Gasteiger charge is 1.93. The number of nitrogens with zero attached hydrogens (tertiary/aromatic N) is 2. The van der Waals surface area contributed by atoms with Crippen molar-refractivity contribution in [3.8, 4) is 0 Å². The summed E-state index contributed by atoms with van der Waals surface area (Å²) in [7, 11) is 0. The second-order valence-electron chi connectivity index (χ2n) is 1.93. The molecular weight excluding hydrogens is 146 g/mol. The lowest BCUT2D eigenvalue weighted by molar-refractivity contribution is 0.997. The van der Waals surface area contributed by atoms with Crippen molar-refractivity contribution < 1.29 is 0 Å². The third-order valence-electron chi connectivity index (χ3n) is 0.929. The van der Waals surface area contributed by atoms with Gasteiger partial charge < -0.3 is 5.32 Å². The number of hydrogen-bond donors (Lipinski definition) is 2. The van der Waals surface area contributed by atoms with Gasteiger partial charge in [-0.15, -0.1) is 5.10 Å². The molecule has 10 heavy (non-hydrogen) atoms. The maximum absolute atomic E-state index is 4.13. The molecule has 0 aliphatic carbocycles. The van der Waals surface area contributed by atoms with Crippen LogP contribution in [0.15, 0.2) is 18.3 Å². The van der Waals surface area contributed by atoms with Crippen molar-refractivity contribution in [2.24, 2.45) is 0 Å². The van der Waals surface area contributed by atoms with Gasteiger partial charge in [-0.2, -0.15) is 17.7 Å². The van der Waals surface area contributed by atoms with Crippen LogP contribution in [0.5, 0.6) is 0 Å². The van der Waals surface area contributed by atoms with Crippen molar-refractivity contribution in [1.29, 1.82) is 0 Å². The van der Waals surface area contributed by atoms with Crippen LogP contribution in [0, 0.1) is 0 Å². The molecule has 0 saturated heterocycles. The van der Waals surface area contributed by atoms with Gasteiger partial charge in [0, 0.05) is 6.20 Å². The summed E-state index contributed by atoms with van der Waals surface area (Å²) in [6.45, 7) is 1.93. The number of thiol groups is 1. The van der Waals surface area contributed by atoms with E-state index in [9.17, 15) is 0 Å². The highest BCUT2D eigenvalue weighted by atomic mass is 32.1. The molecule has 3 nitrogen and oxygen atoms in total. The normalized spacial score (nSPS) is 12.6. The van der Waals surface area contributed by atoms with E-state index in [2.05, 4.69) is 28.1 Å². The van der Waals surface area contributed by atoms with Crippen molar-refractivity contribution in [1.82, 2.24) is 10.2 Å². The first-order valence-corrected chi connectivity index (χ1v) is 3.53. The standard InChI is InChI=1S/C6H9N3S/c1-5(10)8-6-3-2-4-7-9-6/h2-5,10H,1H3,(H,8,9). The van der Waals surface area contributed by atoms with Crippen molar-refractivity contribution in [2.45, 2.75) is 12.3 Å². The third kappa shape index (κ3) is 2.23. The molecule has 1 aromatic rings. The molecule has 0 aromatic carbocycles. The van der Waals surface area contributed by atoms with Gasteiger partial charge in [0.05, 0.1) is 5.37 Å². The molecule has 0 aliphatic rings. The van der Waals surface area contributed by atoms with Crippen LogP contribution in [0.4, 0.5) is 5.82 Å². The monoisotopic (exact) mass is 155 g/mol. The fourth-order valence-electron chi connectivity index (χ4n) is 0.593. The van der Waals surface area contributed by atoms with E-state index in [1.54, 1.807) is 6.20 Å². The Hall–Kier alpha value is -0.770. The highest BCUT2D eigenvalue weighted by molar-refractivity contribution is 7.81. The zero-order valence-corrected chi connectivity index (χ0v) is 6.55. The molecule has 0 bridgehead atoms. The first kappa shape index (κ1) is 7.34. The molecule has 0 aliphatic heterocycles. The van der Waals surface area contributed by atoms with Gasteiger partial charge >= 0.3 is 0 Å². The summed E-state index contributed by atoms with van der Waals surface area (Å²) in [6, 6.07) is 3.67. The van der Waals surface area contributed by atoms with E-state index in [0.29, 0.717) is 0 Å². The van der Waals surface area contributed by atoms with Crippen LogP contribution in [-0.2, 0) is 0 Å². The van der Waals surface area contributed by atoms with Gasteiger partial charge in [-0.25, -0.2) is 0 Å². The van der Waals surface area contributed by atoms with Gasteiger partial charge in [-0.05, 0) is 19.1 Å². The summed E-state index contributed by atoms with van der Waals surface area (Å²) in [5.41, 5.74) is 0. The number of nitrogens with one attached hydrogen (secondary N) is 1. The summed E-state index contributed by atoms with van der Waals surface area (Å²) in [6.07, 6.45) is 1.63. The molecule has 1 unspecified atom stereocenters. The fraction of sp³-hybridized carbons (Fsp3) is 0.333. The first-order valence-electron chi connectivity index (χ1n) is 3.01. The topological polar surface area (TPSA) is 37.8 Å². The number of anilines is 1. The lowest BCUT2D eigenvalue weighted by Gasteiger charge is -2.05. The van der Waals surface area contributed by atoms with E-state index >= 15 is 0 Å². The van der Waals surface area contributed by atoms with Gasteiger partial charge in [0.25, 0.3) is 0 Å². The first-order chi connectivity index (χ1) is 4.79. The summed E-state index contributed by atoms with van der Waals surface area (Å²) < 4.78 is 0.